The molecule has 1 unspecified atom stereocenters. The molecule has 2 aromatic rings. The van der Waals surface area contributed by atoms with Gasteiger partial charge in [0.1, 0.15) is 5.69 Å². The monoisotopic (exact) mass is 371 g/mol. The number of carbonyl (C=O) groups is 1. The van der Waals surface area contributed by atoms with Crippen LogP contribution < -0.4 is 5.32 Å². The largest absolute Gasteiger partial charge is 0.359 e. The van der Waals surface area contributed by atoms with Crippen molar-refractivity contribution in [3.05, 3.63) is 36.4 Å². The summed E-state index contributed by atoms with van der Waals surface area (Å²) in [5.74, 6) is 1.44. The maximum atomic E-state index is 12.3. The number of hydrogen-bond acceptors (Lipinski definition) is 5. The first kappa shape index (κ1) is 19.4. The number of aromatic nitrogens is 2. The standard InChI is InChI=1S/C20H29N5O2/c1-16-5-3-11-25(14-16)12-4-8-22-20(26)24(2)15-18-13-19(23-27-18)17-6-9-21-10-7-17/h6-7,9-10,13,16H,3-5,8,11-12,14-15H2,1-2H3,(H,22,26). The van der Waals surface area contributed by atoms with Crippen molar-refractivity contribution in [1.82, 2.24) is 25.3 Å². The predicted octanol–water partition coefficient (Wildman–Crippen LogP) is 3.00. The first-order chi connectivity index (χ1) is 13.1. The third-order valence-corrected chi connectivity index (χ3v) is 4.94. The summed E-state index contributed by atoms with van der Waals surface area (Å²) in [6, 6.07) is 5.52. The van der Waals surface area contributed by atoms with Gasteiger partial charge in [0.15, 0.2) is 5.76 Å². The van der Waals surface area contributed by atoms with Crippen molar-refractivity contribution in [1.29, 1.82) is 0 Å². The number of nitrogens with one attached hydrogen (secondary N) is 1. The van der Waals surface area contributed by atoms with E-state index in [9.17, 15) is 4.79 Å². The van der Waals surface area contributed by atoms with Crippen LogP contribution in [0.4, 0.5) is 4.79 Å². The summed E-state index contributed by atoms with van der Waals surface area (Å²) in [7, 11) is 1.76. The minimum atomic E-state index is -0.0936. The zero-order chi connectivity index (χ0) is 19.1. The summed E-state index contributed by atoms with van der Waals surface area (Å²) >= 11 is 0. The van der Waals surface area contributed by atoms with Gasteiger partial charge < -0.3 is 19.6 Å². The molecule has 0 aromatic carbocycles. The Balaban J connectivity index is 1.38. The molecule has 0 saturated carbocycles. The van der Waals surface area contributed by atoms with E-state index < -0.39 is 0 Å². The van der Waals surface area contributed by atoms with E-state index >= 15 is 0 Å². The van der Waals surface area contributed by atoms with Gasteiger partial charge in [0.2, 0.25) is 0 Å². The zero-order valence-corrected chi connectivity index (χ0v) is 16.2. The van der Waals surface area contributed by atoms with Crippen LogP contribution in [0.1, 0.15) is 31.9 Å². The lowest BCUT2D eigenvalue weighted by Crippen LogP contribution is -2.39. The summed E-state index contributed by atoms with van der Waals surface area (Å²) in [6.45, 7) is 6.79. The van der Waals surface area contributed by atoms with Crippen LogP contribution in [-0.4, -0.2) is 59.2 Å². The Kier molecular flexibility index (Phi) is 6.81. The van der Waals surface area contributed by atoms with Gasteiger partial charge in [0.05, 0.1) is 6.54 Å². The molecule has 1 atom stereocenters. The molecule has 7 nitrogen and oxygen atoms in total. The second-order valence-electron chi connectivity index (χ2n) is 7.40. The summed E-state index contributed by atoms with van der Waals surface area (Å²) in [5.41, 5.74) is 1.69. The van der Waals surface area contributed by atoms with Crippen LogP contribution in [0, 0.1) is 5.92 Å². The Hall–Kier alpha value is -2.41. The lowest BCUT2D eigenvalue weighted by Gasteiger charge is -2.30. The second kappa shape index (κ2) is 9.50. The van der Waals surface area contributed by atoms with Gasteiger partial charge in [-0.1, -0.05) is 12.1 Å². The molecule has 1 N–H and O–H groups in total. The molecule has 146 valence electrons. The van der Waals surface area contributed by atoms with Crippen LogP contribution in [0.15, 0.2) is 35.1 Å². The van der Waals surface area contributed by atoms with Crippen molar-refractivity contribution in [3.63, 3.8) is 0 Å². The molecule has 27 heavy (non-hydrogen) atoms. The van der Waals surface area contributed by atoms with Gasteiger partial charge in [0, 0.05) is 44.2 Å². The third kappa shape index (κ3) is 5.79. The highest BCUT2D eigenvalue weighted by atomic mass is 16.5. The van der Waals surface area contributed by atoms with E-state index in [0.29, 0.717) is 18.8 Å². The van der Waals surface area contributed by atoms with Crippen LogP contribution in [0.25, 0.3) is 11.3 Å². The molecule has 2 aromatic heterocycles. The Morgan fingerprint density at radius 1 is 1.41 bits per heavy atom. The van der Waals surface area contributed by atoms with E-state index in [-0.39, 0.29) is 6.03 Å². The average Bonchev–Trinajstić information content (AvgIpc) is 3.14. The second-order valence-corrected chi connectivity index (χ2v) is 7.40. The van der Waals surface area contributed by atoms with E-state index in [1.165, 1.54) is 25.9 Å². The first-order valence-corrected chi connectivity index (χ1v) is 9.69. The Morgan fingerprint density at radius 2 is 2.22 bits per heavy atom. The minimum absolute atomic E-state index is 0.0936. The molecular formula is C20H29N5O2. The lowest BCUT2D eigenvalue weighted by molar-refractivity contribution is 0.179. The molecule has 3 rings (SSSR count). The number of amides is 2. The average molecular weight is 371 g/mol. The molecule has 0 radical (unpaired) electrons. The molecule has 0 bridgehead atoms. The summed E-state index contributed by atoms with van der Waals surface area (Å²) in [6.07, 6.45) is 7.03. The number of rotatable bonds is 7. The van der Waals surface area contributed by atoms with Crippen LogP contribution >= 0.6 is 0 Å². The van der Waals surface area contributed by atoms with E-state index in [1.807, 2.05) is 18.2 Å². The lowest BCUT2D eigenvalue weighted by atomic mass is 10.0. The maximum absolute atomic E-state index is 12.3. The van der Waals surface area contributed by atoms with Crippen LogP contribution in [-0.2, 0) is 6.54 Å². The highest BCUT2D eigenvalue weighted by Gasteiger charge is 2.16. The summed E-state index contributed by atoms with van der Waals surface area (Å²) in [4.78, 5) is 20.4. The van der Waals surface area contributed by atoms with Crippen molar-refractivity contribution in [3.8, 4) is 11.3 Å². The van der Waals surface area contributed by atoms with Gasteiger partial charge in [-0.2, -0.15) is 0 Å². The number of urea groups is 1. The highest BCUT2D eigenvalue weighted by molar-refractivity contribution is 5.73. The first-order valence-electron chi connectivity index (χ1n) is 9.69. The zero-order valence-electron chi connectivity index (χ0n) is 16.2. The van der Waals surface area contributed by atoms with Gasteiger partial charge in [-0.05, 0) is 50.4 Å². The van der Waals surface area contributed by atoms with Crippen molar-refractivity contribution < 1.29 is 9.32 Å². The fraction of sp³-hybridized carbons (Fsp3) is 0.550. The predicted molar refractivity (Wildman–Crippen MR) is 104 cm³/mol. The van der Waals surface area contributed by atoms with Crippen LogP contribution in [0.2, 0.25) is 0 Å². The topological polar surface area (TPSA) is 74.5 Å². The SMILES string of the molecule is CC1CCCN(CCCNC(=O)N(C)Cc2cc(-c3ccncc3)no2)C1. The van der Waals surface area contributed by atoms with E-state index in [0.717, 1.165) is 30.1 Å². The smallest absolute Gasteiger partial charge is 0.317 e. The molecular weight excluding hydrogens is 342 g/mol. The van der Waals surface area contributed by atoms with Gasteiger partial charge in [-0.3, -0.25) is 4.98 Å². The van der Waals surface area contributed by atoms with Gasteiger partial charge in [-0.25, -0.2) is 4.79 Å². The number of likely N-dealkylation sites (tertiary alicyclic amines) is 1. The van der Waals surface area contributed by atoms with Crippen molar-refractivity contribution >= 4 is 6.03 Å². The molecule has 0 aliphatic carbocycles. The van der Waals surface area contributed by atoms with Crippen molar-refractivity contribution in [2.75, 3.05) is 33.2 Å². The van der Waals surface area contributed by atoms with Crippen LogP contribution in [0.5, 0.6) is 0 Å². The maximum Gasteiger partial charge on any atom is 0.317 e. The quantitative estimate of drug-likeness (QED) is 0.758. The molecule has 1 saturated heterocycles. The van der Waals surface area contributed by atoms with Crippen molar-refractivity contribution in [2.45, 2.75) is 32.7 Å². The number of pyridine rings is 1. The van der Waals surface area contributed by atoms with E-state index in [2.05, 4.69) is 27.3 Å². The van der Waals surface area contributed by atoms with Crippen molar-refractivity contribution in [2.24, 2.45) is 5.92 Å². The Labute approximate surface area is 160 Å². The highest BCUT2D eigenvalue weighted by Crippen LogP contribution is 2.18. The summed E-state index contributed by atoms with van der Waals surface area (Å²) < 4.78 is 5.36. The Morgan fingerprint density at radius 3 is 3.00 bits per heavy atom. The number of carbonyl (C=O) groups excluding carboxylic acids is 1. The van der Waals surface area contributed by atoms with Gasteiger partial charge >= 0.3 is 6.03 Å². The molecule has 1 fully saturated rings. The van der Waals surface area contributed by atoms with Crippen LogP contribution in [0.3, 0.4) is 0 Å². The molecule has 2 amide bonds. The fourth-order valence-corrected chi connectivity index (χ4v) is 3.47. The molecule has 0 spiro atoms. The Bertz CT molecular complexity index is 718. The number of nitrogens with zero attached hydrogens (tertiary/aromatic N) is 4. The normalized spacial score (nSPS) is 17.6. The molecule has 3 heterocycles. The van der Waals surface area contributed by atoms with Gasteiger partial charge in [-0.15, -0.1) is 0 Å². The fourth-order valence-electron chi connectivity index (χ4n) is 3.47. The molecule has 7 heteroatoms. The molecule has 1 aliphatic heterocycles. The van der Waals surface area contributed by atoms with Gasteiger partial charge in [0.25, 0.3) is 0 Å². The van der Waals surface area contributed by atoms with E-state index in [4.69, 9.17) is 4.52 Å². The minimum Gasteiger partial charge on any atom is -0.359 e. The number of hydrogen-bond donors (Lipinski definition) is 1. The molecule has 1 aliphatic rings. The number of piperidine rings is 1. The summed E-state index contributed by atoms with van der Waals surface area (Å²) in [5, 5.41) is 7.05. The van der Waals surface area contributed by atoms with E-state index in [1.54, 1.807) is 24.3 Å². The third-order valence-electron chi connectivity index (χ3n) is 4.94.